The lowest BCUT2D eigenvalue weighted by molar-refractivity contribution is 0.698. The Morgan fingerprint density at radius 2 is 1.71 bits per heavy atom. The van der Waals surface area contributed by atoms with E-state index in [9.17, 15) is 0 Å². The first-order valence-electron chi connectivity index (χ1n) is 2.15. The van der Waals surface area contributed by atoms with Gasteiger partial charge in [-0.15, -0.1) is 0 Å². The molecule has 0 rings (SSSR count). The molecule has 1 unspecified atom stereocenters. The van der Waals surface area contributed by atoms with E-state index in [1.165, 1.54) is 0 Å². The smallest absolute Gasteiger partial charge is 0.0671 e. The van der Waals surface area contributed by atoms with Crippen molar-refractivity contribution in [1.29, 1.82) is 0 Å². The molecule has 2 N–H and O–H groups in total. The van der Waals surface area contributed by atoms with Crippen molar-refractivity contribution in [3.8, 4) is 0 Å². The molecule has 1 nitrogen and oxygen atoms in total. The van der Waals surface area contributed by atoms with Crippen LogP contribution in [0.1, 0.15) is 13.8 Å². The Bertz CT molecular complexity index is 55.2. The first kappa shape index (κ1) is 7.66. The third-order valence-corrected chi connectivity index (χ3v) is 1.68. The number of rotatable bonds is 1. The molecule has 0 saturated carbocycles. The molecule has 0 aliphatic carbocycles. The molecule has 0 aromatic rings. The Kier molecular flexibility index (Phi) is 2.50. The van der Waals surface area contributed by atoms with E-state index in [1.807, 2.05) is 13.8 Å². The molecule has 0 bridgehead atoms. The van der Waals surface area contributed by atoms with Crippen LogP contribution in [0.2, 0.25) is 0 Å². The van der Waals surface area contributed by atoms with E-state index in [2.05, 4.69) is 25.3 Å². The van der Waals surface area contributed by atoms with E-state index in [0.29, 0.717) is 0 Å². The van der Waals surface area contributed by atoms with Gasteiger partial charge in [-0.25, -0.2) is 0 Å². The van der Waals surface area contributed by atoms with Crippen molar-refractivity contribution in [1.82, 2.24) is 0 Å². The highest BCUT2D eigenvalue weighted by Crippen LogP contribution is 2.20. The molecule has 0 amide bonds. The van der Waals surface area contributed by atoms with Crippen molar-refractivity contribution < 1.29 is 0 Å². The first-order valence-corrected chi connectivity index (χ1v) is 3.04. The van der Waals surface area contributed by atoms with Crippen LogP contribution in [0.25, 0.3) is 0 Å². The Hall–Kier alpha value is 0.660. The van der Waals surface area contributed by atoms with Gasteiger partial charge in [0, 0.05) is 6.04 Å². The summed E-state index contributed by atoms with van der Waals surface area (Å²) in [5.41, 5.74) is 5.42. The minimum absolute atomic E-state index is 0.0270. The van der Waals surface area contributed by atoms with E-state index in [-0.39, 0.29) is 10.1 Å². The normalized spacial score (nSPS) is 16.7. The molecule has 0 heterocycles. The molecule has 0 aromatic heterocycles. The van der Waals surface area contributed by atoms with Crippen molar-refractivity contribution in [2.75, 3.05) is 0 Å². The molecule has 7 heavy (non-hydrogen) atoms. The third-order valence-electron chi connectivity index (χ3n) is 0.863. The van der Waals surface area contributed by atoms with Gasteiger partial charge in [-0.3, -0.25) is 0 Å². The van der Waals surface area contributed by atoms with E-state index in [1.54, 1.807) is 0 Å². The molecule has 0 spiro atoms. The maximum absolute atomic E-state index is 5.42. The van der Waals surface area contributed by atoms with Gasteiger partial charge in [-0.1, -0.05) is 0 Å². The van der Waals surface area contributed by atoms with Crippen LogP contribution in [0.15, 0.2) is 0 Å². The van der Waals surface area contributed by atoms with Crippen LogP contribution >= 0.6 is 25.3 Å². The minimum Gasteiger partial charge on any atom is -0.326 e. The second-order valence-corrected chi connectivity index (χ2v) is 4.09. The topological polar surface area (TPSA) is 26.0 Å². The molecular formula is C4H11NS2. The van der Waals surface area contributed by atoms with Crippen LogP contribution in [-0.4, -0.2) is 10.1 Å². The van der Waals surface area contributed by atoms with E-state index >= 15 is 0 Å². The maximum atomic E-state index is 5.42. The Morgan fingerprint density at radius 1 is 1.57 bits per heavy atom. The zero-order valence-corrected chi connectivity index (χ0v) is 6.34. The SMILES string of the molecule is CC(N)C(C)(S)S. The molecular weight excluding hydrogens is 126 g/mol. The van der Waals surface area contributed by atoms with Gasteiger partial charge >= 0.3 is 0 Å². The summed E-state index contributed by atoms with van der Waals surface area (Å²) in [5, 5.41) is 0. The van der Waals surface area contributed by atoms with Crippen LogP contribution < -0.4 is 5.73 Å². The fraction of sp³-hybridized carbons (Fsp3) is 1.00. The summed E-state index contributed by atoms with van der Waals surface area (Å²) in [6.45, 7) is 3.74. The quantitative estimate of drug-likeness (QED) is 0.363. The van der Waals surface area contributed by atoms with Gasteiger partial charge in [0.1, 0.15) is 0 Å². The largest absolute Gasteiger partial charge is 0.326 e. The summed E-state index contributed by atoms with van der Waals surface area (Å²) in [6, 6.07) is 0.0270. The van der Waals surface area contributed by atoms with Crippen LogP contribution in [-0.2, 0) is 0 Å². The summed E-state index contributed by atoms with van der Waals surface area (Å²) in [5.74, 6) is 0. The molecule has 0 fully saturated rings. The predicted octanol–water partition coefficient (Wildman–Crippen LogP) is 0.909. The second kappa shape index (κ2) is 2.29. The summed E-state index contributed by atoms with van der Waals surface area (Å²) in [7, 11) is 0. The monoisotopic (exact) mass is 137 g/mol. The van der Waals surface area contributed by atoms with Crippen LogP contribution in [0, 0.1) is 0 Å². The summed E-state index contributed by atoms with van der Waals surface area (Å²) < 4.78 is -0.333. The zero-order chi connectivity index (χ0) is 6.08. The summed E-state index contributed by atoms with van der Waals surface area (Å²) >= 11 is 8.18. The van der Waals surface area contributed by atoms with Gasteiger partial charge in [-0.05, 0) is 13.8 Å². The van der Waals surface area contributed by atoms with Crippen LogP contribution in [0.5, 0.6) is 0 Å². The van der Waals surface area contributed by atoms with Crippen molar-refractivity contribution in [3.05, 3.63) is 0 Å². The molecule has 0 saturated heterocycles. The summed E-state index contributed by atoms with van der Waals surface area (Å²) in [4.78, 5) is 0. The van der Waals surface area contributed by atoms with E-state index < -0.39 is 0 Å². The third kappa shape index (κ3) is 3.26. The molecule has 0 aromatic carbocycles. The second-order valence-electron chi connectivity index (χ2n) is 1.88. The van der Waals surface area contributed by atoms with Crippen molar-refractivity contribution in [2.24, 2.45) is 5.73 Å². The van der Waals surface area contributed by atoms with Gasteiger partial charge in [0.2, 0.25) is 0 Å². The van der Waals surface area contributed by atoms with Gasteiger partial charge in [0.25, 0.3) is 0 Å². The fourth-order valence-corrected chi connectivity index (χ4v) is 0. The number of nitrogens with two attached hydrogens (primary N) is 1. The molecule has 0 aliphatic heterocycles. The zero-order valence-electron chi connectivity index (χ0n) is 4.55. The Balaban J connectivity index is 3.54. The molecule has 0 radical (unpaired) electrons. The lowest BCUT2D eigenvalue weighted by Crippen LogP contribution is -2.33. The van der Waals surface area contributed by atoms with Gasteiger partial charge < -0.3 is 5.73 Å². The highest BCUT2D eigenvalue weighted by Gasteiger charge is 2.16. The standard InChI is InChI=1S/C4H11NS2/c1-3(5)4(2,6)7/h3,6-7H,5H2,1-2H3. The first-order chi connectivity index (χ1) is 2.94. The van der Waals surface area contributed by atoms with Gasteiger partial charge in [-0.2, -0.15) is 25.3 Å². The number of hydrogen-bond donors (Lipinski definition) is 3. The highest BCUT2D eigenvalue weighted by molar-refractivity contribution is 8.00. The van der Waals surface area contributed by atoms with Crippen molar-refractivity contribution in [2.45, 2.75) is 24.0 Å². The van der Waals surface area contributed by atoms with Gasteiger partial charge in [0.05, 0.1) is 4.08 Å². The maximum Gasteiger partial charge on any atom is 0.0671 e. The average Bonchev–Trinajstić information content (AvgIpc) is 1.31. The average molecular weight is 137 g/mol. The Morgan fingerprint density at radius 3 is 1.71 bits per heavy atom. The van der Waals surface area contributed by atoms with Crippen molar-refractivity contribution in [3.63, 3.8) is 0 Å². The van der Waals surface area contributed by atoms with Gasteiger partial charge in [0.15, 0.2) is 0 Å². The number of hydrogen-bond acceptors (Lipinski definition) is 3. The minimum atomic E-state index is -0.333. The van der Waals surface area contributed by atoms with E-state index in [4.69, 9.17) is 5.73 Å². The Labute approximate surface area is 55.5 Å². The number of thiol groups is 2. The molecule has 0 aliphatic rings. The lowest BCUT2D eigenvalue weighted by atomic mass is 10.3. The lowest BCUT2D eigenvalue weighted by Gasteiger charge is -2.20. The molecule has 3 heteroatoms. The predicted molar refractivity (Wildman–Crippen MR) is 40.0 cm³/mol. The van der Waals surface area contributed by atoms with E-state index in [0.717, 1.165) is 0 Å². The van der Waals surface area contributed by atoms with Crippen LogP contribution in [0.4, 0.5) is 0 Å². The van der Waals surface area contributed by atoms with Crippen molar-refractivity contribution >= 4 is 25.3 Å². The molecule has 44 valence electrons. The summed E-state index contributed by atoms with van der Waals surface area (Å²) in [6.07, 6.45) is 0. The van der Waals surface area contributed by atoms with Crippen LogP contribution in [0.3, 0.4) is 0 Å². The highest BCUT2D eigenvalue weighted by atomic mass is 32.2. The fourth-order valence-electron chi connectivity index (χ4n) is 0. The molecule has 1 atom stereocenters.